The predicted molar refractivity (Wildman–Crippen MR) is 56.9 cm³/mol. The number of carbonyl (C=O) groups excluding carboxylic acids is 1. The summed E-state index contributed by atoms with van der Waals surface area (Å²) in [6.45, 7) is 0.659. The van der Waals surface area contributed by atoms with Crippen LogP contribution in [-0.2, 0) is 9.53 Å². The number of nitrogens with one attached hydrogen (secondary N) is 1. The minimum absolute atomic E-state index is 0.137. The second-order valence-corrected chi connectivity index (χ2v) is 3.79. The summed E-state index contributed by atoms with van der Waals surface area (Å²) in [5.41, 5.74) is 0. The van der Waals surface area contributed by atoms with Crippen LogP contribution < -0.4 is 5.32 Å². The van der Waals surface area contributed by atoms with E-state index in [2.05, 4.69) is 10.3 Å². The molecule has 0 aromatic carbocycles. The number of ether oxygens (including phenoxy) is 1. The first-order valence-electron chi connectivity index (χ1n) is 4.80. The van der Waals surface area contributed by atoms with Crippen molar-refractivity contribution in [2.75, 3.05) is 11.9 Å². The van der Waals surface area contributed by atoms with Gasteiger partial charge in [0, 0.05) is 12.8 Å². The topological polar surface area (TPSA) is 51.2 Å². The highest BCUT2D eigenvalue weighted by Gasteiger charge is 2.23. The molecule has 1 atom stereocenters. The number of pyridine rings is 1. The summed E-state index contributed by atoms with van der Waals surface area (Å²) >= 11 is 5.68. The van der Waals surface area contributed by atoms with Gasteiger partial charge in [0.05, 0.1) is 5.02 Å². The SMILES string of the molecule is O=C(Nc1ccc(Cl)cn1)C1CCCO1. The zero-order chi connectivity index (χ0) is 10.7. The van der Waals surface area contributed by atoms with Gasteiger partial charge >= 0.3 is 0 Å². The maximum atomic E-state index is 11.6. The molecule has 2 rings (SSSR count). The lowest BCUT2D eigenvalue weighted by Gasteiger charge is -2.09. The number of hydrogen-bond acceptors (Lipinski definition) is 3. The summed E-state index contributed by atoms with van der Waals surface area (Å²) in [6.07, 6.45) is 2.88. The highest BCUT2D eigenvalue weighted by molar-refractivity contribution is 6.30. The molecule has 1 saturated heterocycles. The van der Waals surface area contributed by atoms with Gasteiger partial charge in [0.25, 0.3) is 5.91 Å². The average molecular weight is 227 g/mol. The molecule has 5 heteroatoms. The Labute approximate surface area is 92.6 Å². The maximum Gasteiger partial charge on any atom is 0.254 e. The van der Waals surface area contributed by atoms with Crippen molar-refractivity contribution in [1.29, 1.82) is 0 Å². The van der Waals surface area contributed by atoms with E-state index in [0.717, 1.165) is 12.8 Å². The summed E-state index contributed by atoms with van der Waals surface area (Å²) < 4.78 is 5.24. The summed E-state index contributed by atoms with van der Waals surface area (Å²) in [5, 5.41) is 3.22. The number of carbonyl (C=O) groups is 1. The van der Waals surface area contributed by atoms with Crippen LogP contribution in [0.3, 0.4) is 0 Å². The largest absolute Gasteiger partial charge is 0.368 e. The van der Waals surface area contributed by atoms with Gasteiger partial charge in [0.1, 0.15) is 11.9 Å². The van der Waals surface area contributed by atoms with Crippen LogP contribution in [0, 0.1) is 0 Å². The summed E-state index contributed by atoms with van der Waals surface area (Å²) in [4.78, 5) is 15.6. The molecule has 0 spiro atoms. The Morgan fingerprint density at radius 1 is 1.60 bits per heavy atom. The van der Waals surface area contributed by atoms with E-state index in [-0.39, 0.29) is 12.0 Å². The Kier molecular flexibility index (Phi) is 3.18. The van der Waals surface area contributed by atoms with Crippen LogP contribution in [-0.4, -0.2) is 23.6 Å². The monoisotopic (exact) mass is 226 g/mol. The Hall–Kier alpha value is -1.13. The molecule has 15 heavy (non-hydrogen) atoms. The van der Waals surface area contributed by atoms with Crippen molar-refractivity contribution < 1.29 is 9.53 Å². The van der Waals surface area contributed by atoms with Crippen LogP contribution in [0.2, 0.25) is 5.02 Å². The highest BCUT2D eigenvalue weighted by atomic mass is 35.5. The van der Waals surface area contributed by atoms with E-state index < -0.39 is 0 Å². The molecule has 0 aliphatic carbocycles. The molecule has 1 fully saturated rings. The van der Waals surface area contributed by atoms with Crippen LogP contribution in [0.15, 0.2) is 18.3 Å². The van der Waals surface area contributed by atoms with Crippen molar-refractivity contribution in [1.82, 2.24) is 4.98 Å². The van der Waals surface area contributed by atoms with E-state index in [1.807, 2.05) is 0 Å². The lowest BCUT2D eigenvalue weighted by atomic mass is 10.2. The van der Waals surface area contributed by atoms with Gasteiger partial charge in [-0.1, -0.05) is 11.6 Å². The van der Waals surface area contributed by atoms with Crippen LogP contribution >= 0.6 is 11.6 Å². The second-order valence-electron chi connectivity index (χ2n) is 3.35. The number of rotatable bonds is 2. The first-order valence-corrected chi connectivity index (χ1v) is 5.17. The average Bonchev–Trinajstić information content (AvgIpc) is 2.74. The van der Waals surface area contributed by atoms with E-state index in [1.54, 1.807) is 12.1 Å². The maximum absolute atomic E-state index is 11.6. The minimum atomic E-state index is -0.331. The number of nitrogens with zero attached hydrogens (tertiary/aromatic N) is 1. The zero-order valence-electron chi connectivity index (χ0n) is 8.07. The normalized spacial score (nSPS) is 20.2. The molecule has 1 unspecified atom stereocenters. The van der Waals surface area contributed by atoms with Crippen LogP contribution in [0.1, 0.15) is 12.8 Å². The third-order valence-electron chi connectivity index (χ3n) is 2.20. The molecule has 1 aromatic rings. The number of hydrogen-bond donors (Lipinski definition) is 1. The molecule has 1 aromatic heterocycles. The lowest BCUT2D eigenvalue weighted by Crippen LogP contribution is -2.27. The van der Waals surface area contributed by atoms with Gasteiger partial charge in [0.2, 0.25) is 0 Å². The zero-order valence-corrected chi connectivity index (χ0v) is 8.83. The molecule has 1 aliphatic rings. The highest BCUT2D eigenvalue weighted by Crippen LogP contribution is 2.15. The van der Waals surface area contributed by atoms with Gasteiger partial charge in [-0.05, 0) is 25.0 Å². The number of anilines is 1. The number of halogens is 1. The van der Waals surface area contributed by atoms with E-state index in [9.17, 15) is 4.79 Å². The lowest BCUT2D eigenvalue weighted by molar-refractivity contribution is -0.124. The molecule has 1 aliphatic heterocycles. The van der Waals surface area contributed by atoms with Crippen molar-refractivity contribution >= 4 is 23.3 Å². The molecule has 0 radical (unpaired) electrons. The van der Waals surface area contributed by atoms with Crippen LogP contribution in [0.4, 0.5) is 5.82 Å². The fourth-order valence-corrected chi connectivity index (χ4v) is 1.55. The van der Waals surface area contributed by atoms with Crippen molar-refractivity contribution in [2.45, 2.75) is 18.9 Å². The van der Waals surface area contributed by atoms with Gasteiger partial charge in [-0.2, -0.15) is 0 Å². The quantitative estimate of drug-likeness (QED) is 0.838. The fourth-order valence-electron chi connectivity index (χ4n) is 1.44. The molecule has 1 N–H and O–H groups in total. The Morgan fingerprint density at radius 2 is 2.47 bits per heavy atom. The van der Waals surface area contributed by atoms with Crippen molar-refractivity contribution in [3.8, 4) is 0 Å². The standard InChI is InChI=1S/C10H11ClN2O2/c11-7-3-4-9(12-6-7)13-10(14)8-2-1-5-15-8/h3-4,6,8H,1-2,5H2,(H,12,13,14). The summed E-state index contributed by atoms with van der Waals surface area (Å²) in [6, 6.07) is 3.34. The van der Waals surface area contributed by atoms with E-state index in [4.69, 9.17) is 16.3 Å². The summed E-state index contributed by atoms with van der Waals surface area (Å²) in [7, 11) is 0. The third-order valence-corrected chi connectivity index (χ3v) is 2.42. The number of amides is 1. The van der Waals surface area contributed by atoms with Gasteiger partial charge in [-0.3, -0.25) is 4.79 Å². The van der Waals surface area contributed by atoms with E-state index in [1.165, 1.54) is 6.20 Å². The first kappa shape index (κ1) is 10.4. The Bertz CT molecular complexity index is 347. The van der Waals surface area contributed by atoms with Gasteiger partial charge in [0.15, 0.2) is 0 Å². The van der Waals surface area contributed by atoms with E-state index >= 15 is 0 Å². The minimum Gasteiger partial charge on any atom is -0.368 e. The molecule has 4 nitrogen and oxygen atoms in total. The third kappa shape index (κ3) is 2.67. The molecule has 0 bridgehead atoms. The Morgan fingerprint density at radius 3 is 3.07 bits per heavy atom. The first-order chi connectivity index (χ1) is 7.25. The second kappa shape index (κ2) is 4.59. The molecule has 1 amide bonds. The Balaban J connectivity index is 1.96. The van der Waals surface area contributed by atoms with Gasteiger partial charge < -0.3 is 10.1 Å². The predicted octanol–water partition coefficient (Wildman–Crippen LogP) is 1.85. The number of aromatic nitrogens is 1. The van der Waals surface area contributed by atoms with Gasteiger partial charge in [-0.25, -0.2) is 4.98 Å². The molecule has 2 heterocycles. The molecule has 0 saturated carbocycles. The fraction of sp³-hybridized carbons (Fsp3) is 0.400. The van der Waals surface area contributed by atoms with Crippen LogP contribution in [0.5, 0.6) is 0 Å². The summed E-state index contributed by atoms with van der Waals surface area (Å²) in [5.74, 6) is 0.363. The van der Waals surface area contributed by atoms with Crippen molar-refractivity contribution in [2.24, 2.45) is 0 Å². The molecular formula is C10H11ClN2O2. The smallest absolute Gasteiger partial charge is 0.254 e. The van der Waals surface area contributed by atoms with Crippen molar-refractivity contribution in [3.05, 3.63) is 23.4 Å². The van der Waals surface area contributed by atoms with Gasteiger partial charge in [-0.15, -0.1) is 0 Å². The molecule has 80 valence electrons. The van der Waals surface area contributed by atoms with Crippen molar-refractivity contribution in [3.63, 3.8) is 0 Å². The molecular weight excluding hydrogens is 216 g/mol. The van der Waals surface area contributed by atoms with Crippen LogP contribution in [0.25, 0.3) is 0 Å². The van der Waals surface area contributed by atoms with E-state index in [0.29, 0.717) is 17.4 Å².